The molecule has 0 radical (unpaired) electrons. The number of allylic oxidation sites excluding steroid dienone is 1. The number of aromatic nitrogens is 1. The van der Waals surface area contributed by atoms with Crippen molar-refractivity contribution in [2.24, 2.45) is 15.9 Å². The first kappa shape index (κ1) is 24.2. The Morgan fingerprint density at radius 2 is 2.20 bits per heavy atom. The van der Waals surface area contributed by atoms with Crippen molar-refractivity contribution in [1.29, 1.82) is 0 Å². The fraction of sp³-hybridized carbons (Fsp3) is 0.500. The largest absolute Gasteiger partial charge is 0.403 e. The molecule has 1 amide bonds. The predicted octanol–water partition coefficient (Wildman–Crippen LogP) is 1.89. The van der Waals surface area contributed by atoms with E-state index in [2.05, 4.69) is 14.7 Å². The first-order chi connectivity index (χ1) is 14.2. The molecule has 1 atom stereocenters. The van der Waals surface area contributed by atoms with Gasteiger partial charge in [0.25, 0.3) is 5.91 Å². The highest BCUT2D eigenvalue weighted by Gasteiger charge is 2.33. The van der Waals surface area contributed by atoms with Gasteiger partial charge in [0.2, 0.25) is 5.92 Å². The van der Waals surface area contributed by atoms with Crippen LogP contribution < -0.4 is 21.7 Å². The molecule has 1 aliphatic heterocycles. The monoisotopic (exact) mass is 462 g/mol. The lowest BCUT2D eigenvalue weighted by Gasteiger charge is -2.24. The van der Waals surface area contributed by atoms with E-state index in [1.807, 2.05) is 0 Å². The number of hydrogen-bond donors (Lipinski definition) is 3. The number of aryl methyl sites for hydroxylation is 1. The lowest BCUT2D eigenvalue weighted by Crippen LogP contribution is -2.32. The third kappa shape index (κ3) is 6.71. The van der Waals surface area contributed by atoms with Crippen LogP contribution in [0.3, 0.4) is 0 Å². The standard InChI is InChI=1S/C18H25ClF2N6O2S/c1-12-15(19)9-14(16(25-12)27-6-2-3-18(20,21)4-7-27)17(28)26-13(10-23)11-24-30(29)8-5-22/h9-11H,2-8,22-23H2,1H3,(H,26,28)/b13-10+,24-11+. The zero-order chi connectivity index (χ0) is 22.3. The SMILES string of the molecule is Cc1nc(N2CCCC(F)(F)CC2)c(C(=O)NC(/C=N/S(=O)CCN)=C/N)cc1Cl. The molecular weight excluding hydrogens is 438 g/mol. The van der Waals surface area contributed by atoms with E-state index >= 15 is 0 Å². The van der Waals surface area contributed by atoms with E-state index in [4.69, 9.17) is 23.1 Å². The minimum Gasteiger partial charge on any atom is -0.403 e. The average Bonchev–Trinajstić information content (AvgIpc) is 2.87. The Morgan fingerprint density at radius 1 is 1.47 bits per heavy atom. The Hall–Kier alpha value is -2.11. The van der Waals surface area contributed by atoms with Crippen LogP contribution in [0.1, 0.15) is 35.3 Å². The first-order valence-corrected chi connectivity index (χ1v) is 11.0. The smallest absolute Gasteiger partial charge is 0.259 e. The summed E-state index contributed by atoms with van der Waals surface area (Å²) in [6.45, 7) is 2.26. The Balaban J connectivity index is 2.28. The molecule has 0 spiro atoms. The molecule has 0 saturated carbocycles. The molecular formula is C18H25ClF2N6O2S. The van der Waals surface area contributed by atoms with E-state index in [0.717, 1.165) is 6.20 Å². The molecule has 5 N–H and O–H groups in total. The molecule has 8 nitrogen and oxygen atoms in total. The van der Waals surface area contributed by atoms with E-state index in [1.54, 1.807) is 11.8 Å². The number of alkyl halides is 2. The average molecular weight is 463 g/mol. The molecule has 1 aromatic rings. The third-order valence-electron chi connectivity index (χ3n) is 4.43. The van der Waals surface area contributed by atoms with E-state index in [9.17, 15) is 17.8 Å². The topological polar surface area (TPSA) is 127 Å². The minimum atomic E-state index is -2.75. The van der Waals surface area contributed by atoms with Crippen molar-refractivity contribution < 1.29 is 17.8 Å². The molecule has 0 aliphatic carbocycles. The number of rotatable bonds is 7. The van der Waals surface area contributed by atoms with Crippen LogP contribution in [0.5, 0.6) is 0 Å². The van der Waals surface area contributed by atoms with Gasteiger partial charge in [0.05, 0.1) is 33.9 Å². The van der Waals surface area contributed by atoms with Crippen molar-refractivity contribution in [3.63, 3.8) is 0 Å². The fourth-order valence-corrected chi connectivity index (χ4v) is 3.53. The van der Waals surface area contributed by atoms with Crippen LogP contribution in [0.2, 0.25) is 5.02 Å². The number of anilines is 1. The first-order valence-electron chi connectivity index (χ1n) is 9.32. The summed E-state index contributed by atoms with van der Waals surface area (Å²) in [5.41, 5.74) is 11.5. The molecule has 1 aromatic heterocycles. The molecule has 166 valence electrons. The summed E-state index contributed by atoms with van der Waals surface area (Å²) in [6, 6.07) is 1.44. The lowest BCUT2D eigenvalue weighted by atomic mass is 10.1. The quantitative estimate of drug-likeness (QED) is 0.531. The van der Waals surface area contributed by atoms with Gasteiger partial charge in [-0.2, -0.15) is 4.40 Å². The Morgan fingerprint density at radius 3 is 2.87 bits per heavy atom. The Kier molecular flexibility index (Phi) is 8.68. The number of nitrogens with one attached hydrogen (secondary N) is 1. The van der Waals surface area contributed by atoms with Crippen molar-refractivity contribution in [3.8, 4) is 0 Å². The maximum Gasteiger partial charge on any atom is 0.259 e. The molecule has 1 unspecified atom stereocenters. The minimum absolute atomic E-state index is 0.0560. The predicted molar refractivity (Wildman–Crippen MR) is 115 cm³/mol. The summed E-state index contributed by atoms with van der Waals surface area (Å²) in [5.74, 6) is -2.90. The van der Waals surface area contributed by atoms with Crippen molar-refractivity contribution in [1.82, 2.24) is 10.3 Å². The zero-order valence-corrected chi connectivity index (χ0v) is 18.1. The maximum absolute atomic E-state index is 13.8. The summed E-state index contributed by atoms with van der Waals surface area (Å²) in [7, 11) is -1.54. The summed E-state index contributed by atoms with van der Waals surface area (Å²) >= 11 is 6.16. The van der Waals surface area contributed by atoms with E-state index in [1.165, 1.54) is 12.3 Å². The molecule has 0 aromatic carbocycles. The van der Waals surface area contributed by atoms with Crippen LogP contribution in [0, 0.1) is 6.92 Å². The van der Waals surface area contributed by atoms with Gasteiger partial charge in [-0.1, -0.05) is 11.6 Å². The van der Waals surface area contributed by atoms with Gasteiger partial charge in [-0.05, 0) is 19.4 Å². The number of hydrogen-bond acceptors (Lipinski definition) is 6. The van der Waals surface area contributed by atoms with E-state index in [0.29, 0.717) is 12.2 Å². The van der Waals surface area contributed by atoms with Crippen molar-refractivity contribution >= 4 is 40.5 Å². The molecule has 2 heterocycles. The van der Waals surface area contributed by atoms with Gasteiger partial charge in [-0.25, -0.2) is 18.0 Å². The lowest BCUT2D eigenvalue weighted by molar-refractivity contribution is -0.0102. The number of halogens is 3. The highest BCUT2D eigenvalue weighted by Crippen LogP contribution is 2.32. The summed E-state index contributed by atoms with van der Waals surface area (Å²) in [6.07, 6.45) is 1.99. The van der Waals surface area contributed by atoms with Crippen LogP contribution in [0.15, 0.2) is 22.4 Å². The number of carbonyl (C=O) groups excluding carboxylic acids is 1. The van der Waals surface area contributed by atoms with Crippen LogP contribution >= 0.6 is 11.6 Å². The van der Waals surface area contributed by atoms with Gasteiger partial charge in [-0.15, -0.1) is 0 Å². The van der Waals surface area contributed by atoms with Crippen molar-refractivity contribution in [3.05, 3.63) is 34.2 Å². The van der Waals surface area contributed by atoms with Gasteiger partial charge >= 0.3 is 0 Å². The van der Waals surface area contributed by atoms with E-state index < -0.39 is 22.8 Å². The second kappa shape index (κ2) is 10.8. The van der Waals surface area contributed by atoms with Crippen LogP contribution in [0.4, 0.5) is 14.6 Å². The second-order valence-corrected chi connectivity index (χ2v) is 8.42. The highest BCUT2D eigenvalue weighted by atomic mass is 35.5. The van der Waals surface area contributed by atoms with E-state index in [-0.39, 0.29) is 60.2 Å². The number of nitrogens with two attached hydrogens (primary N) is 2. The van der Waals surface area contributed by atoms with Crippen LogP contribution in [-0.4, -0.2) is 52.6 Å². The molecule has 12 heteroatoms. The number of amides is 1. The number of nitrogens with zero attached hydrogens (tertiary/aromatic N) is 3. The molecule has 30 heavy (non-hydrogen) atoms. The highest BCUT2D eigenvalue weighted by molar-refractivity contribution is 7.83. The Bertz CT molecular complexity index is 865. The molecule has 1 saturated heterocycles. The third-order valence-corrected chi connectivity index (χ3v) is 5.74. The van der Waals surface area contributed by atoms with Crippen molar-refractivity contribution in [2.45, 2.75) is 32.1 Å². The van der Waals surface area contributed by atoms with Crippen molar-refractivity contribution in [2.75, 3.05) is 30.3 Å². The number of carbonyl (C=O) groups is 1. The van der Waals surface area contributed by atoms with Crippen LogP contribution in [-0.2, 0) is 11.0 Å². The zero-order valence-electron chi connectivity index (χ0n) is 16.5. The van der Waals surface area contributed by atoms with Gasteiger partial charge < -0.3 is 21.7 Å². The molecule has 0 bridgehead atoms. The normalized spacial score (nSPS) is 18.3. The molecule has 2 rings (SSSR count). The fourth-order valence-electron chi connectivity index (χ4n) is 2.84. The summed E-state index contributed by atoms with van der Waals surface area (Å²) < 4.78 is 42.9. The second-order valence-electron chi connectivity index (χ2n) is 6.75. The van der Waals surface area contributed by atoms with Gasteiger partial charge in [0.1, 0.15) is 16.8 Å². The Labute approximate surface area is 181 Å². The van der Waals surface area contributed by atoms with Crippen LogP contribution in [0.25, 0.3) is 0 Å². The molecule has 1 aliphatic rings. The molecule has 1 fully saturated rings. The van der Waals surface area contributed by atoms with Gasteiger partial charge in [0, 0.05) is 38.7 Å². The van der Waals surface area contributed by atoms with Gasteiger partial charge in [-0.3, -0.25) is 4.79 Å². The summed E-state index contributed by atoms with van der Waals surface area (Å²) in [4.78, 5) is 18.9. The maximum atomic E-state index is 13.8. The summed E-state index contributed by atoms with van der Waals surface area (Å²) in [5, 5.41) is 2.81. The number of pyridine rings is 1. The van der Waals surface area contributed by atoms with Gasteiger partial charge in [0.15, 0.2) is 0 Å².